The van der Waals surface area contributed by atoms with Crippen LogP contribution >= 0.6 is 11.6 Å². The highest BCUT2D eigenvalue weighted by atomic mass is 35.5. The average Bonchev–Trinajstić information content (AvgIpc) is 2.36. The highest BCUT2D eigenvalue weighted by Gasteiger charge is 2.09. The molecule has 0 aromatic heterocycles. The van der Waals surface area contributed by atoms with Crippen molar-refractivity contribution in [2.24, 2.45) is 0 Å². The van der Waals surface area contributed by atoms with Gasteiger partial charge in [-0.3, -0.25) is 0 Å². The molecular weight excluding hydrogens is 279 g/mol. The van der Waals surface area contributed by atoms with E-state index in [0.717, 1.165) is 18.2 Å². The number of rotatable bonds is 3. The molecule has 0 aliphatic heterocycles. The molecule has 2 rings (SSSR count). The van der Waals surface area contributed by atoms with Crippen molar-refractivity contribution in [2.75, 3.05) is 5.73 Å². The van der Waals surface area contributed by atoms with Crippen molar-refractivity contribution in [1.82, 2.24) is 0 Å². The summed E-state index contributed by atoms with van der Waals surface area (Å²) in [6.45, 7) is -0.0692. The Bertz CT molecular complexity index is 619. The van der Waals surface area contributed by atoms with Gasteiger partial charge in [0.05, 0.1) is 10.7 Å². The van der Waals surface area contributed by atoms with Crippen molar-refractivity contribution < 1.29 is 17.9 Å². The van der Waals surface area contributed by atoms with E-state index in [2.05, 4.69) is 0 Å². The number of anilines is 1. The van der Waals surface area contributed by atoms with Crippen LogP contribution in [0.25, 0.3) is 0 Å². The highest BCUT2D eigenvalue weighted by molar-refractivity contribution is 6.32. The Labute approximate surface area is 112 Å². The summed E-state index contributed by atoms with van der Waals surface area (Å²) < 4.78 is 44.2. The number of benzene rings is 2. The molecule has 0 saturated heterocycles. The molecule has 0 spiro atoms. The van der Waals surface area contributed by atoms with E-state index >= 15 is 0 Å². The van der Waals surface area contributed by atoms with Crippen LogP contribution in [0.15, 0.2) is 30.3 Å². The van der Waals surface area contributed by atoms with E-state index in [1.54, 1.807) is 0 Å². The summed E-state index contributed by atoms with van der Waals surface area (Å²) in [5.74, 6) is -2.50. The van der Waals surface area contributed by atoms with Gasteiger partial charge in [-0.2, -0.15) is 0 Å². The summed E-state index contributed by atoms with van der Waals surface area (Å²) in [5, 5.41) is 0.140. The third-order valence-corrected chi connectivity index (χ3v) is 2.72. The van der Waals surface area contributed by atoms with Crippen LogP contribution in [-0.4, -0.2) is 0 Å². The molecule has 0 aliphatic carbocycles. The minimum absolute atomic E-state index is 0.0692. The van der Waals surface area contributed by atoms with Crippen molar-refractivity contribution in [1.29, 1.82) is 0 Å². The number of ether oxygens (including phenoxy) is 1. The van der Waals surface area contributed by atoms with Gasteiger partial charge in [0.2, 0.25) is 0 Å². The zero-order valence-electron chi connectivity index (χ0n) is 9.59. The molecule has 0 unspecified atom stereocenters. The second-order valence-electron chi connectivity index (χ2n) is 3.84. The van der Waals surface area contributed by atoms with Crippen molar-refractivity contribution in [3.05, 3.63) is 58.4 Å². The van der Waals surface area contributed by atoms with E-state index in [1.165, 1.54) is 12.1 Å². The van der Waals surface area contributed by atoms with Crippen LogP contribution in [0.5, 0.6) is 5.75 Å². The van der Waals surface area contributed by atoms with Gasteiger partial charge in [0, 0.05) is 6.07 Å². The quantitative estimate of drug-likeness (QED) is 0.869. The van der Waals surface area contributed by atoms with E-state index in [4.69, 9.17) is 22.1 Å². The van der Waals surface area contributed by atoms with Gasteiger partial charge in [-0.25, -0.2) is 13.2 Å². The SMILES string of the molecule is Nc1cc(Cl)c(OCc2ccc(F)c(F)c2)cc1F. The summed E-state index contributed by atoms with van der Waals surface area (Å²) in [4.78, 5) is 0. The maximum Gasteiger partial charge on any atom is 0.159 e. The van der Waals surface area contributed by atoms with Crippen LogP contribution in [0.1, 0.15) is 5.56 Å². The second kappa shape index (κ2) is 5.40. The topological polar surface area (TPSA) is 35.2 Å². The molecular formula is C13H9ClF3NO. The Morgan fingerprint density at radius 3 is 2.42 bits per heavy atom. The van der Waals surface area contributed by atoms with E-state index in [0.29, 0.717) is 5.56 Å². The van der Waals surface area contributed by atoms with E-state index in [9.17, 15) is 13.2 Å². The predicted molar refractivity (Wildman–Crippen MR) is 66.5 cm³/mol. The fraction of sp³-hybridized carbons (Fsp3) is 0.0769. The Morgan fingerprint density at radius 1 is 1.00 bits per heavy atom. The molecule has 0 heterocycles. The second-order valence-corrected chi connectivity index (χ2v) is 4.25. The molecule has 100 valence electrons. The molecule has 0 bridgehead atoms. The van der Waals surface area contributed by atoms with Crippen LogP contribution in [0.2, 0.25) is 5.02 Å². The first-order valence-corrected chi connectivity index (χ1v) is 5.66. The molecule has 6 heteroatoms. The van der Waals surface area contributed by atoms with Crippen molar-refractivity contribution in [3.8, 4) is 5.75 Å². The molecule has 19 heavy (non-hydrogen) atoms. The predicted octanol–water partition coefficient (Wildman–Crippen LogP) is 3.92. The average molecular weight is 288 g/mol. The Hall–Kier alpha value is -1.88. The third kappa shape index (κ3) is 3.12. The van der Waals surface area contributed by atoms with Gasteiger partial charge in [-0.15, -0.1) is 0 Å². The minimum Gasteiger partial charge on any atom is -0.487 e. The van der Waals surface area contributed by atoms with Crippen LogP contribution < -0.4 is 10.5 Å². The van der Waals surface area contributed by atoms with E-state index in [-0.39, 0.29) is 23.1 Å². The first-order valence-electron chi connectivity index (χ1n) is 5.28. The molecule has 2 N–H and O–H groups in total. The van der Waals surface area contributed by atoms with Gasteiger partial charge < -0.3 is 10.5 Å². The number of halogens is 4. The summed E-state index contributed by atoms with van der Waals surface area (Å²) in [7, 11) is 0. The first kappa shape index (κ1) is 13.5. The molecule has 0 radical (unpaired) electrons. The Morgan fingerprint density at radius 2 is 1.74 bits per heavy atom. The number of nitrogens with two attached hydrogens (primary N) is 1. The molecule has 0 atom stereocenters. The monoisotopic (exact) mass is 287 g/mol. The van der Waals surface area contributed by atoms with Gasteiger partial charge >= 0.3 is 0 Å². The number of hydrogen-bond donors (Lipinski definition) is 1. The Balaban J connectivity index is 2.14. The summed E-state index contributed by atoms with van der Waals surface area (Å²) in [6, 6.07) is 5.60. The lowest BCUT2D eigenvalue weighted by Crippen LogP contribution is -1.99. The molecule has 0 aliphatic rings. The first-order chi connectivity index (χ1) is 8.97. The molecule has 0 amide bonds. The normalized spacial score (nSPS) is 10.5. The van der Waals surface area contributed by atoms with Crippen LogP contribution in [0.4, 0.5) is 18.9 Å². The van der Waals surface area contributed by atoms with Gasteiger partial charge in [-0.1, -0.05) is 17.7 Å². The van der Waals surface area contributed by atoms with E-state index in [1.807, 2.05) is 0 Å². The van der Waals surface area contributed by atoms with Crippen molar-refractivity contribution >= 4 is 17.3 Å². The van der Waals surface area contributed by atoms with Crippen LogP contribution in [-0.2, 0) is 6.61 Å². The lowest BCUT2D eigenvalue weighted by atomic mass is 10.2. The summed E-state index contributed by atoms with van der Waals surface area (Å²) >= 11 is 5.82. The molecule has 0 saturated carbocycles. The minimum atomic E-state index is -0.976. The molecule has 0 fully saturated rings. The van der Waals surface area contributed by atoms with E-state index < -0.39 is 17.5 Å². The summed E-state index contributed by atoms with van der Waals surface area (Å²) in [6.07, 6.45) is 0. The van der Waals surface area contributed by atoms with Crippen molar-refractivity contribution in [3.63, 3.8) is 0 Å². The zero-order valence-corrected chi connectivity index (χ0v) is 10.3. The zero-order chi connectivity index (χ0) is 14.0. The van der Waals surface area contributed by atoms with Gasteiger partial charge in [-0.05, 0) is 23.8 Å². The van der Waals surface area contributed by atoms with Crippen LogP contribution in [0.3, 0.4) is 0 Å². The molecule has 2 aromatic carbocycles. The fourth-order valence-corrected chi connectivity index (χ4v) is 1.67. The third-order valence-electron chi connectivity index (χ3n) is 2.43. The van der Waals surface area contributed by atoms with Crippen LogP contribution in [0, 0.1) is 17.5 Å². The Kier molecular flexibility index (Phi) is 3.85. The molecule has 2 nitrogen and oxygen atoms in total. The summed E-state index contributed by atoms with van der Waals surface area (Å²) in [5.41, 5.74) is 5.63. The number of nitrogen functional groups attached to an aromatic ring is 1. The standard InChI is InChI=1S/C13H9ClF3NO/c14-8-4-12(18)11(17)5-13(8)19-6-7-1-2-9(15)10(16)3-7/h1-5H,6,18H2. The lowest BCUT2D eigenvalue weighted by Gasteiger charge is -2.09. The van der Waals surface area contributed by atoms with Gasteiger partial charge in [0.15, 0.2) is 11.6 Å². The largest absolute Gasteiger partial charge is 0.487 e. The van der Waals surface area contributed by atoms with Crippen molar-refractivity contribution in [2.45, 2.75) is 6.61 Å². The molecule has 2 aromatic rings. The fourth-order valence-electron chi connectivity index (χ4n) is 1.45. The van der Waals surface area contributed by atoms with Gasteiger partial charge in [0.25, 0.3) is 0 Å². The highest BCUT2D eigenvalue weighted by Crippen LogP contribution is 2.29. The number of hydrogen-bond acceptors (Lipinski definition) is 2. The maximum absolute atomic E-state index is 13.2. The lowest BCUT2D eigenvalue weighted by molar-refractivity contribution is 0.304. The van der Waals surface area contributed by atoms with Gasteiger partial charge in [0.1, 0.15) is 18.2 Å². The smallest absolute Gasteiger partial charge is 0.159 e. The maximum atomic E-state index is 13.2.